The summed E-state index contributed by atoms with van der Waals surface area (Å²) in [7, 11) is 0. The summed E-state index contributed by atoms with van der Waals surface area (Å²) >= 11 is 2.76. The summed E-state index contributed by atoms with van der Waals surface area (Å²) in [6, 6.07) is 2.32. The maximum absolute atomic E-state index is 12.8. The van der Waals surface area contributed by atoms with Crippen LogP contribution in [0.25, 0.3) is 0 Å². The van der Waals surface area contributed by atoms with Crippen molar-refractivity contribution in [1.82, 2.24) is 0 Å². The Morgan fingerprint density at radius 2 is 1.83 bits per heavy atom. The zero-order chi connectivity index (χ0) is 9.14. The molecule has 0 saturated heterocycles. The molecule has 0 atom stereocenters. The largest absolute Gasteiger partial charge is 0.261 e. The van der Waals surface area contributed by atoms with Crippen molar-refractivity contribution >= 4 is 27.8 Å². The number of rotatable bonds is 1. The van der Waals surface area contributed by atoms with E-state index < -0.39 is 11.6 Å². The Balaban J connectivity index is 3.21. The molecule has 12 heavy (non-hydrogen) atoms. The highest BCUT2D eigenvalue weighted by Gasteiger charge is 2.06. The smallest absolute Gasteiger partial charge is 0.142 e. The third-order valence-electron chi connectivity index (χ3n) is 1.25. The Bertz CT molecular complexity index is 300. The second-order valence-electron chi connectivity index (χ2n) is 2.11. The fourth-order valence-electron chi connectivity index (χ4n) is 0.766. The maximum atomic E-state index is 12.8. The number of halogens is 3. The zero-order valence-electron chi connectivity index (χ0n) is 6.31. The third-order valence-corrected chi connectivity index (χ3v) is 2.00. The van der Waals surface area contributed by atoms with Crippen LogP contribution in [0.15, 0.2) is 21.6 Å². The van der Waals surface area contributed by atoms with E-state index in [9.17, 15) is 8.78 Å². The molecule has 0 heterocycles. The van der Waals surface area contributed by atoms with Gasteiger partial charge in [0.2, 0.25) is 0 Å². The Hall–Kier alpha value is -0.770. The minimum Gasteiger partial charge on any atom is -0.261 e. The molecule has 0 aliphatic carbocycles. The molecule has 0 aliphatic heterocycles. The van der Waals surface area contributed by atoms with Gasteiger partial charge in [0, 0.05) is 18.3 Å². The first-order valence-electron chi connectivity index (χ1n) is 3.28. The molecule has 0 amide bonds. The van der Waals surface area contributed by atoms with Gasteiger partial charge in [0.25, 0.3) is 0 Å². The van der Waals surface area contributed by atoms with E-state index in [1.54, 1.807) is 6.92 Å². The Kier molecular flexibility index (Phi) is 2.92. The van der Waals surface area contributed by atoms with Gasteiger partial charge in [-0.3, -0.25) is 4.99 Å². The van der Waals surface area contributed by atoms with E-state index in [0.717, 1.165) is 12.1 Å². The summed E-state index contributed by atoms with van der Waals surface area (Å²) in [6.07, 6.45) is 1.47. The molecule has 64 valence electrons. The van der Waals surface area contributed by atoms with E-state index in [1.165, 1.54) is 6.21 Å². The summed E-state index contributed by atoms with van der Waals surface area (Å²) in [5, 5.41) is 0. The number of hydrogen-bond donors (Lipinski definition) is 0. The van der Waals surface area contributed by atoms with Crippen LogP contribution in [0.1, 0.15) is 6.92 Å². The highest BCUT2D eigenvalue weighted by Crippen LogP contribution is 2.24. The lowest BCUT2D eigenvalue weighted by molar-refractivity contribution is 0.572. The van der Waals surface area contributed by atoms with Crippen LogP contribution in [0.2, 0.25) is 0 Å². The van der Waals surface area contributed by atoms with Gasteiger partial charge in [0.1, 0.15) is 11.6 Å². The molecule has 4 heteroatoms. The lowest BCUT2D eigenvalue weighted by Gasteiger charge is -1.97. The quantitative estimate of drug-likeness (QED) is 0.521. The van der Waals surface area contributed by atoms with E-state index in [1.807, 2.05) is 0 Å². The standard InChI is InChI=1S/C8H6BrF2N/c1-2-12-5-3-6(10)8(9)7(11)4-5/h2-4H,1H3. The van der Waals surface area contributed by atoms with Crippen LogP contribution >= 0.6 is 15.9 Å². The third kappa shape index (κ3) is 1.88. The summed E-state index contributed by atoms with van der Waals surface area (Å²) in [4.78, 5) is 3.74. The Labute approximate surface area is 77.3 Å². The van der Waals surface area contributed by atoms with Crippen LogP contribution in [-0.4, -0.2) is 6.21 Å². The molecule has 0 radical (unpaired) electrons. The predicted molar refractivity (Wildman–Crippen MR) is 47.9 cm³/mol. The average molecular weight is 234 g/mol. The summed E-state index contributed by atoms with van der Waals surface area (Å²) < 4.78 is 25.5. The molecule has 0 saturated carbocycles. The van der Waals surface area contributed by atoms with Crippen molar-refractivity contribution in [3.8, 4) is 0 Å². The number of aliphatic imine (C=N–C) groups is 1. The Morgan fingerprint density at radius 1 is 1.33 bits per heavy atom. The second kappa shape index (κ2) is 3.76. The van der Waals surface area contributed by atoms with Gasteiger partial charge >= 0.3 is 0 Å². The summed E-state index contributed by atoms with van der Waals surface area (Å²) in [6.45, 7) is 1.68. The molecule has 1 nitrogen and oxygen atoms in total. The molecule has 0 spiro atoms. The molecule has 0 N–H and O–H groups in total. The van der Waals surface area contributed by atoms with Crippen molar-refractivity contribution in [3.63, 3.8) is 0 Å². The van der Waals surface area contributed by atoms with Gasteiger partial charge in [-0.05, 0) is 22.9 Å². The molecule has 0 bridgehead atoms. The van der Waals surface area contributed by atoms with E-state index in [4.69, 9.17) is 0 Å². The first-order chi connectivity index (χ1) is 5.65. The van der Waals surface area contributed by atoms with Gasteiger partial charge in [-0.25, -0.2) is 8.78 Å². The maximum Gasteiger partial charge on any atom is 0.142 e. The van der Waals surface area contributed by atoms with Gasteiger partial charge < -0.3 is 0 Å². The second-order valence-corrected chi connectivity index (χ2v) is 2.90. The van der Waals surface area contributed by atoms with Crippen LogP contribution in [0.5, 0.6) is 0 Å². The van der Waals surface area contributed by atoms with Gasteiger partial charge in [-0.2, -0.15) is 0 Å². The average Bonchev–Trinajstić information content (AvgIpc) is 2.01. The van der Waals surface area contributed by atoms with Gasteiger partial charge in [-0.15, -0.1) is 0 Å². The monoisotopic (exact) mass is 233 g/mol. The molecule has 1 aromatic carbocycles. The molecule has 0 unspecified atom stereocenters. The van der Waals surface area contributed by atoms with Crippen molar-refractivity contribution in [2.75, 3.05) is 0 Å². The van der Waals surface area contributed by atoms with E-state index >= 15 is 0 Å². The number of nitrogens with zero attached hydrogens (tertiary/aromatic N) is 1. The van der Waals surface area contributed by atoms with E-state index in [2.05, 4.69) is 20.9 Å². The topological polar surface area (TPSA) is 12.4 Å². The van der Waals surface area contributed by atoms with E-state index in [-0.39, 0.29) is 10.2 Å². The molecule has 1 rings (SSSR count). The van der Waals surface area contributed by atoms with Crippen molar-refractivity contribution in [1.29, 1.82) is 0 Å². The predicted octanol–water partition coefficient (Wildman–Crippen LogP) is 3.45. The minimum atomic E-state index is -0.643. The van der Waals surface area contributed by atoms with Crippen LogP contribution in [0.4, 0.5) is 14.5 Å². The van der Waals surface area contributed by atoms with Crippen molar-refractivity contribution in [2.45, 2.75) is 6.92 Å². The van der Waals surface area contributed by atoms with Gasteiger partial charge in [0.15, 0.2) is 0 Å². The minimum absolute atomic E-state index is 0.155. The fraction of sp³-hybridized carbons (Fsp3) is 0.125. The van der Waals surface area contributed by atoms with Crippen molar-refractivity contribution in [2.24, 2.45) is 4.99 Å². The number of benzene rings is 1. The first-order valence-corrected chi connectivity index (χ1v) is 4.07. The fourth-order valence-corrected chi connectivity index (χ4v) is 0.995. The van der Waals surface area contributed by atoms with Crippen LogP contribution in [0, 0.1) is 11.6 Å². The van der Waals surface area contributed by atoms with Gasteiger partial charge in [0.05, 0.1) is 10.2 Å². The van der Waals surface area contributed by atoms with Gasteiger partial charge in [-0.1, -0.05) is 0 Å². The first kappa shape index (κ1) is 9.32. The summed E-state index contributed by atoms with van der Waals surface area (Å²) in [5.74, 6) is -1.29. The van der Waals surface area contributed by atoms with Crippen molar-refractivity contribution < 1.29 is 8.78 Å². The Morgan fingerprint density at radius 3 is 2.25 bits per heavy atom. The molecular weight excluding hydrogens is 228 g/mol. The number of hydrogen-bond acceptors (Lipinski definition) is 1. The normalized spacial score (nSPS) is 11.0. The van der Waals surface area contributed by atoms with Crippen LogP contribution in [0.3, 0.4) is 0 Å². The molecular formula is C8H6BrF2N. The lowest BCUT2D eigenvalue weighted by atomic mass is 10.3. The molecule has 0 aliphatic rings. The highest BCUT2D eigenvalue weighted by molar-refractivity contribution is 9.10. The molecule has 0 fully saturated rings. The van der Waals surface area contributed by atoms with E-state index in [0.29, 0.717) is 0 Å². The molecule has 1 aromatic rings. The van der Waals surface area contributed by atoms with Crippen molar-refractivity contribution in [3.05, 3.63) is 28.2 Å². The zero-order valence-corrected chi connectivity index (χ0v) is 7.90. The molecule has 0 aromatic heterocycles. The SMILES string of the molecule is CC=Nc1cc(F)c(Br)c(F)c1. The summed E-state index contributed by atoms with van der Waals surface area (Å²) in [5.41, 5.74) is 0.274. The lowest BCUT2D eigenvalue weighted by Crippen LogP contribution is -1.82. The van der Waals surface area contributed by atoms with Crippen LogP contribution < -0.4 is 0 Å². The van der Waals surface area contributed by atoms with Crippen LogP contribution in [-0.2, 0) is 0 Å². The highest BCUT2D eigenvalue weighted by atomic mass is 79.9.